The normalized spacial score (nSPS) is 17.4. The number of nitrogens with one attached hydrogen (secondary N) is 1. The maximum Gasteiger partial charge on any atom is 0.258 e. The number of benzene rings is 1. The highest BCUT2D eigenvalue weighted by Gasteiger charge is 2.41. The van der Waals surface area contributed by atoms with Gasteiger partial charge in [0.25, 0.3) is 5.91 Å². The molecule has 1 aliphatic rings. The molecule has 0 aliphatic heterocycles. The number of ether oxygens (including phenoxy) is 1. The highest BCUT2D eigenvalue weighted by molar-refractivity contribution is 5.78. The lowest BCUT2D eigenvalue weighted by molar-refractivity contribution is -0.125. The second-order valence-electron chi connectivity index (χ2n) is 5.73. The summed E-state index contributed by atoms with van der Waals surface area (Å²) in [5.41, 5.74) is 6.75. The SMILES string of the molecule is CCc1ccc(OCC(=O)NC(C)(CN)C2CC2)cc1. The molecule has 1 atom stereocenters. The molecule has 3 N–H and O–H groups in total. The van der Waals surface area contributed by atoms with Crippen molar-refractivity contribution in [3.63, 3.8) is 0 Å². The Kier molecular flexibility index (Phi) is 4.65. The van der Waals surface area contributed by atoms with E-state index in [9.17, 15) is 4.79 Å². The van der Waals surface area contributed by atoms with Crippen LogP contribution in [0.2, 0.25) is 0 Å². The van der Waals surface area contributed by atoms with Crippen LogP contribution in [0.3, 0.4) is 0 Å². The van der Waals surface area contributed by atoms with Gasteiger partial charge in [0.05, 0.1) is 5.54 Å². The second-order valence-corrected chi connectivity index (χ2v) is 5.73. The van der Waals surface area contributed by atoms with Crippen molar-refractivity contribution in [3.8, 4) is 5.75 Å². The average Bonchev–Trinajstić information content (AvgIpc) is 3.30. The van der Waals surface area contributed by atoms with Gasteiger partial charge in [-0.3, -0.25) is 4.79 Å². The molecule has 1 unspecified atom stereocenters. The minimum Gasteiger partial charge on any atom is -0.484 e. The number of rotatable bonds is 7. The summed E-state index contributed by atoms with van der Waals surface area (Å²) >= 11 is 0. The van der Waals surface area contributed by atoms with E-state index in [1.165, 1.54) is 5.56 Å². The fourth-order valence-electron chi connectivity index (χ4n) is 2.37. The maximum absolute atomic E-state index is 12.0. The van der Waals surface area contributed by atoms with Gasteiger partial charge in [0.1, 0.15) is 5.75 Å². The summed E-state index contributed by atoms with van der Waals surface area (Å²) in [6.45, 7) is 4.62. The van der Waals surface area contributed by atoms with Crippen molar-refractivity contribution in [2.75, 3.05) is 13.2 Å². The van der Waals surface area contributed by atoms with Crippen LogP contribution in [0.1, 0.15) is 32.3 Å². The van der Waals surface area contributed by atoms with Crippen LogP contribution in [-0.2, 0) is 11.2 Å². The van der Waals surface area contributed by atoms with Crippen molar-refractivity contribution in [1.82, 2.24) is 5.32 Å². The predicted molar refractivity (Wildman–Crippen MR) is 79.6 cm³/mol. The van der Waals surface area contributed by atoms with Gasteiger partial charge in [-0.25, -0.2) is 0 Å². The number of carbonyl (C=O) groups is 1. The fourth-order valence-corrected chi connectivity index (χ4v) is 2.37. The Morgan fingerprint density at radius 1 is 1.40 bits per heavy atom. The zero-order valence-electron chi connectivity index (χ0n) is 12.3. The van der Waals surface area contributed by atoms with Crippen LogP contribution in [0.25, 0.3) is 0 Å². The number of amides is 1. The lowest BCUT2D eigenvalue weighted by Gasteiger charge is -2.29. The van der Waals surface area contributed by atoms with E-state index in [0.29, 0.717) is 12.5 Å². The van der Waals surface area contributed by atoms with Gasteiger partial charge in [0, 0.05) is 6.54 Å². The minimum atomic E-state index is -0.285. The highest BCUT2D eigenvalue weighted by atomic mass is 16.5. The largest absolute Gasteiger partial charge is 0.484 e. The zero-order chi connectivity index (χ0) is 14.6. The first-order chi connectivity index (χ1) is 9.57. The van der Waals surface area contributed by atoms with Crippen LogP contribution in [0.5, 0.6) is 5.75 Å². The van der Waals surface area contributed by atoms with E-state index in [2.05, 4.69) is 12.2 Å². The molecule has 1 aromatic rings. The maximum atomic E-state index is 12.0. The van der Waals surface area contributed by atoms with Crippen LogP contribution < -0.4 is 15.8 Å². The average molecular weight is 276 g/mol. The van der Waals surface area contributed by atoms with E-state index in [-0.39, 0.29) is 18.1 Å². The van der Waals surface area contributed by atoms with E-state index >= 15 is 0 Å². The van der Waals surface area contributed by atoms with E-state index in [1.54, 1.807) is 0 Å². The van der Waals surface area contributed by atoms with E-state index in [0.717, 1.165) is 25.0 Å². The molecule has 4 heteroatoms. The molecule has 1 aliphatic carbocycles. The molecule has 0 radical (unpaired) electrons. The molecule has 0 aromatic heterocycles. The van der Waals surface area contributed by atoms with Crippen LogP contribution in [0.4, 0.5) is 0 Å². The Balaban J connectivity index is 1.82. The Morgan fingerprint density at radius 3 is 2.55 bits per heavy atom. The van der Waals surface area contributed by atoms with Gasteiger partial charge >= 0.3 is 0 Å². The molecule has 1 fully saturated rings. The molecule has 2 rings (SSSR count). The van der Waals surface area contributed by atoms with Crippen molar-refractivity contribution < 1.29 is 9.53 Å². The Labute approximate surface area is 120 Å². The van der Waals surface area contributed by atoms with Crippen molar-refractivity contribution in [1.29, 1.82) is 0 Å². The summed E-state index contributed by atoms with van der Waals surface area (Å²) in [5, 5.41) is 3.01. The molecule has 0 bridgehead atoms. The zero-order valence-corrected chi connectivity index (χ0v) is 12.3. The van der Waals surface area contributed by atoms with Gasteiger partial charge in [0.15, 0.2) is 6.61 Å². The summed E-state index contributed by atoms with van der Waals surface area (Å²) < 4.78 is 5.50. The molecule has 1 aromatic carbocycles. The molecular formula is C16H24N2O2. The molecule has 4 nitrogen and oxygen atoms in total. The molecule has 20 heavy (non-hydrogen) atoms. The van der Waals surface area contributed by atoms with Crippen molar-refractivity contribution in [2.24, 2.45) is 11.7 Å². The number of hydrogen-bond donors (Lipinski definition) is 2. The van der Waals surface area contributed by atoms with Crippen LogP contribution >= 0.6 is 0 Å². The molecule has 1 saturated carbocycles. The quantitative estimate of drug-likeness (QED) is 0.799. The van der Waals surface area contributed by atoms with E-state index < -0.39 is 0 Å². The van der Waals surface area contributed by atoms with E-state index in [1.807, 2.05) is 31.2 Å². The minimum absolute atomic E-state index is 0.0355. The summed E-state index contributed by atoms with van der Waals surface area (Å²) in [6.07, 6.45) is 3.29. The number of carbonyl (C=O) groups excluding carboxylic acids is 1. The summed E-state index contributed by atoms with van der Waals surface area (Å²) in [5.74, 6) is 1.13. The van der Waals surface area contributed by atoms with Crippen molar-refractivity contribution >= 4 is 5.91 Å². The number of nitrogens with two attached hydrogens (primary N) is 1. The Hall–Kier alpha value is -1.55. The molecule has 0 saturated heterocycles. The van der Waals surface area contributed by atoms with Crippen molar-refractivity contribution in [2.45, 2.75) is 38.6 Å². The highest BCUT2D eigenvalue weighted by Crippen LogP contribution is 2.38. The van der Waals surface area contributed by atoms with Gasteiger partial charge in [0.2, 0.25) is 0 Å². The smallest absolute Gasteiger partial charge is 0.258 e. The van der Waals surface area contributed by atoms with Gasteiger partial charge in [-0.05, 0) is 49.8 Å². The van der Waals surface area contributed by atoms with Gasteiger partial charge < -0.3 is 15.8 Å². The Bertz CT molecular complexity index is 454. The second kappa shape index (κ2) is 6.27. The molecular weight excluding hydrogens is 252 g/mol. The van der Waals surface area contributed by atoms with Crippen LogP contribution in [0.15, 0.2) is 24.3 Å². The summed E-state index contributed by atoms with van der Waals surface area (Å²) in [6, 6.07) is 7.83. The topological polar surface area (TPSA) is 64.3 Å². The third kappa shape index (κ3) is 3.73. The molecule has 0 spiro atoms. The van der Waals surface area contributed by atoms with Gasteiger partial charge in [-0.1, -0.05) is 19.1 Å². The first kappa shape index (κ1) is 14.9. The van der Waals surface area contributed by atoms with Gasteiger partial charge in [-0.15, -0.1) is 0 Å². The summed E-state index contributed by atoms with van der Waals surface area (Å²) in [7, 11) is 0. The number of hydrogen-bond acceptors (Lipinski definition) is 3. The monoisotopic (exact) mass is 276 g/mol. The standard InChI is InChI=1S/C16H24N2O2/c1-3-12-4-8-14(9-5-12)20-10-15(19)18-16(2,11-17)13-6-7-13/h4-5,8-9,13H,3,6-7,10-11,17H2,1-2H3,(H,18,19). The molecule has 0 heterocycles. The van der Waals surface area contributed by atoms with Gasteiger partial charge in [-0.2, -0.15) is 0 Å². The lowest BCUT2D eigenvalue weighted by atomic mass is 9.96. The fraction of sp³-hybridized carbons (Fsp3) is 0.562. The lowest BCUT2D eigenvalue weighted by Crippen LogP contribution is -2.54. The number of aryl methyl sites for hydroxylation is 1. The van der Waals surface area contributed by atoms with Crippen molar-refractivity contribution in [3.05, 3.63) is 29.8 Å². The predicted octanol–water partition coefficient (Wildman–Crippen LogP) is 1.87. The first-order valence-corrected chi connectivity index (χ1v) is 7.30. The summed E-state index contributed by atoms with van der Waals surface area (Å²) in [4.78, 5) is 12.0. The third-order valence-corrected chi connectivity index (χ3v) is 4.03. The van der Waals surface area contributed by atoms with E-state index in [4.69, 9.17) is 10.5 Å². The molecule has 1 amide bonds. The Morgan fingerprint density at radius 2 is 2.05 bits per heavy atom. The third-order valence-electron chi connectivity index (χ3n) is 4.03. The first-order valence-electron chi connectivity index (χ1n) is 7.30. The van der Waals surface area contributed by atoms with Crippen LogP contribution in [-0.4, -0.2) is 24.6 Å². The van der Waals surface area contributed by atoms with Crippen LogP contribution in [0, 0.1) is 5.92 Å². The molecule has 110 valence electrons.